The van der Waals surface area contributed by atoms with Crippen molar-refractivity contribution < 1.29 is 24.3 Å². The Hall–Kier alpha value is -2.74. The molecule has 0 radical (unpaired) electrons. The number of likely N-dealkylation sites (tertiary alicyclic amines) is 1. The van der Waals surface area contributed by atoms with Crippen LogP contribution in [0, 0.1) is 0 Å². The minimum atomic E-state index is -1.29. The predicted molar refractivity (Wildman–Crippen MR) is 83.6 cm³/mol. The Morgan fingerprint density at radius 1 is 1.29 bits per heavy atom. The van der Waals surface area contributed by atoms with Gasteiger partial charge in [-0.2, -0.15) is 0 Å². The third-order valence-electron chi connectivity index (χ3n) is 3.76. The fraction of sp³-hybridized carbons (Fsp3) is 0.375. The molecule has 8 heteroatoms. The highest BCUT2D eigenvalue weighted by Crippen LogP contribution is 2.13. The molecule has 1 fully saturated rings. The van der Waals surface area contributed by atoms with Crippen LogP contribution < -0.4 is 11.1 Å². The third-order valence-corrected chi connectivity index (χ3v) is 3.76. The summed E-state index contributed by atoms with van der Waals surface area (Å²) in [5.41, 5.74) is 6.74. The smallest absolute Gasteiger partial charge is 0.323 e. The molecule has 0 bridgehead atoms. The second-order valence-corrected chi connectivity index (χ2v) is 5.61. The van der Waals surface area contributed by atoms with E-state index in [-0.39, 0.29) is 12.8 Å². The summed E-state index contributed by atoms with van der Waals surface area (Å²) < 4.78 is 0. The van der Waals surface area contributed by atoms with Gasteiger partial charge in [-0.05, 0) is 18.4 Å². The maximum atomic E-state index is 12.2. The lowest BCUT2D eigenvalue weighted by Gasteiger charge is -2.30. The zero-order valence-electron chi connectivity index (χ0n) is 13.0. The van der Waals surface area contributed by atoms with Gasteiger partial charge in [0.15, 0.2) is 0 Å². The Bertz CT molecular complexity index is 646. The molecule has 0 unspecified atom stereocenters. The van der Waals surface area contributed by atoms with E-state index in [0.717, 1.165) is 5.56 Å². The number of hydrogen-bond donors (Lipinski definition) is 3. The standard InChI is InChI=1S/C16H19N3O5/c17-11(8-10-4-2-1-3-5-10)15(23)18-12-6-7-13(20)19(16(12)24)9-14(21)22/h1-5,11-12H,6-9,17H2,(H,18,23)(H,21,22)/t11-,12-/m0/s1. The average Bonchev–Trinajstić information content (AvgIpc) is 2.54. The van der Waals surface area contributed by atoms with Gasteiger partial charge in [0, 0.05) is 6.42 Å². The van der Waals surface area contributed by atoms with Crippen LogP contribution in [0.15, 0.2) is 30.3 Å². The van der Waals surface area contributed by atoms with Gasteiger partial charge in [0.05, 0.1) is 6.04 Å². The lowest BCUT2D eigenvalue weighted by Crippen LogP contribution is -2.57. The van der Waals surface area contributed by atoms with E-state index in [4.69, 9.17) is 10.8 Å². The van der Waals surface area contributed by atoms with Gasteiger partial charge < -0.3 is 16.2 Å². The monoisotopic (exact) mass is 333 g/mol. The topological polar surface area (TPSA) is 130 Å². The van der Waals surface area contributed by atoms with Gasteiger partial charge in [0.25, 0.3) is 5.91 Å². The first-order valence-corrected chi connectivity index (χ1v) is 7.54. The number of amides is 3. The maximum absolute atomic E-state index is 12.2. The van der Waals surface area contributed by atoms with Gasteiger partial charge in [-0.1, -0.05) is 30.3 Å². The number of nitrogens with zero attached hydrogens (tertiary/aromatic N) is 1. The average molecular weight is 333 g/mol. The molecule has 1 aliphatic heterocycles. The van der Waals surface area contributed by atoms with Gasteiger partial charge in [-0.15, -0.1) is 0 Å². The molecule has 2 rings (SSSR count). The van der Waals surface area contributed by atoms with Gasteiger partial charge >= 0.3 is 5.97 Å². The molecule has 0 aromatic heterocycles. The summed E-state index contributed by atoms with van der Waals surface area (Å²) >= 11 is 0. The van der Waals surface area contributed by atoms with Crippen LogP contribution in [0.3, 0.4) is 0 Å². The van der Waals surface area contributed by atoms with E-state index >= 15 is 0 Å². The molecule has 0 saturated carbocycles. The van der Waals surface area contributed by atoms with E-state index in [1.807, 2.05) is 30.3 Å². The van der Waals surface area contributed by atoms with Crippen LogP contribution in [0.2, 0.25) is 0 Å². The number of benzene rings is 1. The van der Waals surface area contributed by atoms with Crippen LogP contribution in [0.4, 0.5) is 0 Å². The van der Waals surface area contributed by atoms with E-state index in [1.165, 1.54) is 0 Å². The number of rotatable bonds is 6. The SMILES string of the molecule is N[C@@H](Cc1ccccc1)C(=O)N[C@H]1CCC(=O)N(CC(=O)O)C1=O. The lowest BCUT2D eigenvalue weighted by atomic mass is 10.0. The van der Waals surface area contributed by atoms with Gasteiger partial charge in [-0.3, -0.25) is 24.1 Å². The molecule has 4 N–H and O–H groups in total. The summed E-state index contributed by atoms with van der Waals surface area (Å²) in [6, 6.07) is 7.42. The molecule has 1 saturated heterocycles. The number of carboxylic acid groups (broad SMARTS) is 1. The number of carbonyl (C=O) groups excluding carboxylic acids is 3. The fourth-order valence-electron chi connectivity index (χ4n) is 2.51. The Labute approximate surface area is 138 Å². The molecule has 1 aliphatic rings. The second kappa shape index (κ2) is 7.69. The van der Waals surface area contributed by atoms with Crippen LogP contribution >= 0.6 is 0 Å². The zero-order valence-corrected chi connectivity index (χ0v) is 13.0. The largest absolute Gasteiger partial charge is 0.480 e. The number of aliphatic carboxylic acids is 1. The highest BCUT2D eigenvalue weighted by atomic mass is 16.4. The van der Waals surface area contributed by atoms with Crippen LogP contribution in [0.25, 0.3) is 0 Å². The molecule has 8 nitrogen and oxygen atoms in total. The van der Waals surface area contributed by atoms with Crippen molar-refractivity contribution in [1.29, 1.82) is 0 Å². The van der Waals surface area contributed by atoms with Crippen LogP contribution in [0.1, 0.15) is 18.4 Å². The number of carbonyl (C=O) groups is 4. The number of nitrogens with two attached hydrogens (primary N) is 1. The highest BCUT2D eigenvalue weighted by molar-refractivity contribution is 6.03. The lowest BCUT2D eigenvalue weighted by molar-refractivity contribution is -0.156. The normalized spacial score (nSPS) is 19.0. The zero-order chi connectivity index (χ0) is 17.7. The van der Waals surface area contributed by atoms with Crippen molar-refractivity contribution >= 4 is 23.7 Å². The summed E-state index contributed by atoms with van der Waals surface area (Å²) in [7, 11) is 0. The summed E-state index contributed by atoms with van der Waals surface area (Å²) in [6.45, 7) is -0.708. The van der Waals surface area contributed by atoms with Crippen LogP contribution in [-0.4, -0.2) is 52.3 Å². The molecule has 1 aromatic carbocycles. The minimum Gasteiger partial charge on any atom is -0.480 e. The first-order chi connectivity index (χ1) is 11.4. The van der Waals surface area contributed by atoms with E-state index in [9.17, 15) is 19.2 Å². The number of nitrogens with one attached hydrogen (secondary N) is 1. The van der Waals surface area contributed by atoms with Crippen molar-refractivity contribution in [2.75, 3.05) is 6.54 Å². The molecule has 3 amide bonds. The van der Waals surface area contributed by atoms with Crippen molar-refractivity contribution in [3.05, 3.63) is 35.9 Å². The minimum absolute atomic E-state index is 0.00209. The van der Waals surface area contributed by atoms with Gasteiger partial charge in [-0.25, -0.2) is 0 Å². The van der Waals surface area contributed by atoms with Crippen molar-refractivity contribution in [2.24, 2.45) is 5.73 Å². The molecule has 128 valence electrons. The van der Waals surface area contributed by atoms with Crippen molar-refractivity contribution in [3.8, 4) is 0 Å². The Balaban J connectivity index is 1.96. The molecule has 1 heterocycles. The first-order valence-electron chi connectivity index (χ1n) is 7.54. The van der Waals surface area contributed by atoms with Crippen LogP contribution in [-0.2, 0) is 25.6 Å². The van der Waals surface area contributed by atoms with Gasteiger partial charge in [0.1, 0.15) is 12.6 Å². The maximum Gasteiger partial charge on any atom is 0.323 e. The Morgan fingerprint density at radius 3 is 2.58 bits per heavy atom. The Morgan fingerprint density at radius 2 is 1.96 bits per heavy atom. The molecule has 0 aliphatic carbocycles. The number of piperidine rings is 1. The number of carboxylic acids is 1. The molecule has 1 aromatic rings. The summed E-state index contributed by atoms with van der Waals surface area (Å²) in [5, 5.41) is 11.3. The predicted octanol–water partition coefficient (Wildman–Crippen LogP) is -0.725. The van der Waals surface area contributed by atoms with E-state index < -0.39 is 42.3 Å². The van der Waals surface area contributed by atoms with E-state index in [1.54, 1.807) is 0 Å². The fourth-order valence-corrected chi connectivity index (χ4v) is 2.51. The molecule has 2 atom stereocenters. The molecular weight excluding hydrogens is 314 g/mol. The van der Waals surface area contributed by atoms with E-state index in [0.29, 0.717) is 11.3 Å². The number of hydrogen-bond acceptors (Lipinski definition) is 5. The van der Waals surface area contributed by atoms with Gasteiger partial charge in [0.2, 0.25) is 11.8 Å². The summed E-state index contributed by atoms with van der Waals surface area (Å²) in [4.78, 5) is 47.4. The van der Waals surface area contributed by atoms with Crippen molar-refractivity contribution in [3.63, 3.8) is 0 Å². The highest BCUT2D eigenvalue weighted by Gasteiger charge is 2.36. The molecular formula is C16H19N3O5. The second-order valence-electron chi connectivity index (χ2n) is 5.61. The molecule has 0 spiro atoms. The first kappa shape index (κ1) is 17.6. The van der Waals surface area contributed by atoms with Crippen LogP contribution in [0.5, 0.6) is 0 Å². The summed E-state index contributed by atoms with van der Waals surface area (Å²) in [5.74, 6) is -3.07. The summed E-state index contributed by atoms with van der Waals surface area (Å²) in [6.07, 6.45) is 0.445. The Kier molecular flexibility index (Phi) is 5.64. The van der Waals surface area contributed by atoms with Crippen molar-refractivity contribution in [2.45, 2.75) is 31.3 Å². The third kappa shape index (κ3) is 4.39. The molecule has 24 heavy (non-hydrogen) atoms. The quantitative estimate of drug-likeness (QED) is 0.589. The van der Waals surface area contributed by atoms with E-state index in [2.05, 4.69) is 5.32 Å². The van der Waals surface area contributed by atoms with Crippen molar-refractivity contribution in [1.82, 2.24) is 10.2 Å². The number of imide groups is 1.